The van der Waals surface area contributed by atoms with E-state index in [0.717, 1.165) is 36.2 Å². The van der Waals surface area contributed by atoms with Gasteiger partial charge in [0, 0.05) is 31.4 Å². The van der Waals surface area contributed by atoms with Crippen LogP contribution < -0.4 is 16.6 Å². The molecule has 1 aliphatic carbocycles. The van der Waals surface area contributed by atoms with Crippen molar-refractivity contribution >= 4 is 28.7 Å². The summed E-state index contributed by atoms with van der Waals surface area (Å²) in [4.78, 5) is 43.2. The fraction of sp³-hybridized carbons (Fsp3) is 0.375. The van der Waals surface area contributed by atoms with Crippen LogP contribution >= 0.6 is 11.3 Å². The highest BCUT2D eigenvalue weighted by atomic mass is 32.1. The molecule has 32 heavy (non-hydrogen) atoms. The van der Waals surface area contributed by atoms with Crippen LogP contribution in [0, 0.1) is 5.92 Å². The van der Waals surface area contributed by atoms with Gasteiger partial charge in [0.05, 0.1) is 4.88 Å². The topological polar surface area (TPSA) is 87.2 Å². The lowest BCUT2D eigenvalue weighted by molar-refractivity contribution is 0.0686. The number of rotatable bonds is 5. The molecule has 1 amide bonds. The third-order valence-corrected chi connectivity index (χ3v) is 7.33. The van der Waals surface area contributed by atoms with Gasteiger partial charge >= 0.3 is 5.69 Å². The van der Waals surface area contributed by atoms with E-state index in [1.165, 1.54) is 39.5 Å². The largest absolute Gasteiger partial charge is 0.342 e. The first-order valence-electron chi connectivity index (χ1n) is 11.1. The Balaban J connectivity index is 1.23. The number of nitrogens with zero attached hydrogens (tertiary/aromatic N) is 2. The molecule has 2 aliphatic rings. The lowest BCUT2D eigenvalue weighted by atomic mass is 9.96. The maximum Gasteiger partial charge on any atom is 0.329 e. The summed E-state index contributed by atoms with van der Waals surface area (Å²) in [5.74, 6) is 0.665. The van der Waals surface area contributed by atoms with Gasteiger partial charge in [0.15, 0.2) is 0 Å². The summed E-state index contributed by atoms with van der Waals surface area (Å²) in [5, 5.41) is 5.07. The zero-order valence-corrected chi connectivity index (χ0v) is 18.6. The maximum atomic E-state index is 12.7. The number of amides is 1. The molecule has 1 saturated heterocycles. The molecule has 3 aromatic rings. The first-order valence-corrected chi connectivity index (χ1v) is 12.0. The zero-order chi connectivity index (χ0) is 22.1. The number of nitrogens with one attached hydrogen (secondary N) is 2. The van der Waals surface area contributed by atoms with Gasteiger partial charge in [-0.1, -0.05) is 12.1 Å². The van der Waals surface area contributed by atoms with Crippen molar-refractivity contribution in [2.24, 2.45) is 5.92 Å². The van der Waals surface area contributed by atoms with Crippen molar-refractivity contribution in [3.8, 4) is 0 Å². The van der Waals surface area contributed by atoms with Gasteiger partial charge < -0.3 is 10.2 Å². The normalized spacial score (nSPS) is 16.2. The molecule has 0 radical (unpaired) electrons. The fourth-order valence-electron chi connectivity index (χ4n) is 4.70. The standard InChI is InChI=1S/C24H26N4O3S/c29-22-14-21(25-19-7-6-17-3-1-4-18(17)13-19)26-24(31)28(22)15-16-8-10-27(11-9-16)23(30)20-5-2-12-32-20/h2,5-7,12-14,16,25H,1,3-4,8-11,15H2,(H,26,31). The Morgan fingerprint density at radius 3 is 2.66 bits per heavy atom. The van der Waals surface area contributed by atoms with Crippen LogP contribution in [0.1, 0.15) is 40.1 Å². The van der Waals surface area contributed by atoms with E-state index in [0.29, 0.717) is 25.5 Å². The van der Waals surface area contributed by atoms with E-state index in [1.807, 2.05) is 28.5 Å². The number of aromatic nitrogens is 2. The molecule has 2 N–H and O–H groups in total. The Morgan fingerprint density at radius 2 is 1.91 bits per heavy atom. The van der Waals surface area contributed by atoms with Crippen LogP contribution in [0.25, 0.3) is 0 Å². The van der Waals surface area contributed by atoms with E-state index >= 15 is 0 Å². The van der Waals surface area contributed by atoms with Gasteiger partial charge in [-0.25, -0.2) is 4.79 Å². The van der Waals surface area contributed by atoms with Crippen molar-refractivity contribution in [2.75, 3.05) is 18.4 Å². The average molecular weight is 451 g/mol. The fourth-order valence-corrected chi connectivity index (χ4v) is 5.39. The van der Waals surface area contributed by atoms with Crippen LogP contribution in [0.3, 0.4) is 0 Å². The van der Waals surface area contributed by atoms with Gasteiger partial charge in [-0.2, -0.15) is 0 Å². The van der Waals surface area contributed by atoms with Gasteiger partial charge in [-0.05, 0) is 72.7 Å². The number of aryl methyl sites for hydroxylation is 2. The quantitative estimate of drug-likeness (QED) is 0.624. The Morgan fingerprint density at radius 1 is 1.09 bits per heavy atom. The Hall–Kier alpha value is -3.13. The van der Waals surface area contributed by atoms with Crippen molar-refractivity contribution < 1.29 is 4.79 Å². The maximum absolute atomic E-state index is 12.7. The van der Waals surface area contributed by atoms with Crippen LogP contribution in [-0.4, -0.2) is 33.4 Å². The molecule has 0 bridgehead atoms. The number of benzene rings is 1. The van der Waals surface area contributed by atoms with E-state index in [4.69, 9.17) is 0 Å². The monoisotopic (exact) mass is 450 g/mol. The molecule has 8 heteroatoms. The third kappa shape index (κ3) is 4.27. The van der Waals surface area contributed by atoms with Crippen LogP contribution in [0.4, 0.5) is 11.5 Å². The predicted octanol–water partition coefficient (Wildman–Crippen LogP) is 3.38. The summed E-state index contributed by atoms with van der Waals surface area (Å²) in [6, 6.07) is 11.4. The second kappa shape index (κ2) is 8.78. The second-order valence-corrected chi connectivity index (χ2v) is 9.56. The summed E-state index contributed by atoms with van der Waals surface area (Å²) in [5.41, 5.74) is 2.87. The molecule has 3 heterocycles. The Labute approximate surface area is 189 Å². The van der Waals surface area contributed by atoms with Crippen molar-refractivity contribution in [2.45, 2.75) is 38.6 Å². The van der Waals surface area contributed by atoms with Crippen molar-refractivity contribution in [1.29, 1.82) is 0 Å². The van der Waals surface area contributed by atoms with E-state index in [9.17, 15) is 14.4 Å². The number of aromatic amines is 1. The molecular weight excluding hydrogens is 424 g/mol. The summed E-state index contributed by atoms with van der Waals surface area (Å²) in [7, 11) is 0. The highest BCUT2D eigenvalue weighted by molar-refractivity contribution is 7.12. The number of fused-ring (bicyclic) bond motifs is 1. The minimum atomic E-state index is -0.404. The summed E-state index contributed by atoms with van der Waals surface area (Å²) >= 11 is 1.45. The molecule has 0 spiro atoms. The first kappa shape index (κ1) is 20.8. The van der Waals surface area contributed by atoms with E-state index in [2.05, 4.69) is 22.4 Å². The SMILES string of the molecule is O=C(c1cccs1)N1CCC(Cn2c(=O)cc(Nc3ccc4c(c3)CCC4)[nH]c2=O)CC1. The highest BCUT2D eigenvalue weighted by Crippen LogP contribution is 2.26. The minimum absolute atomic E-state index is 0.0652. The molecule has 1 aromatic carbocycles. The molecule has 0 saturated carbocycles. The number of piperidine rings is 1. The molecule has 5 rings (SSSR count). The van der Waals surface area contributed by atoms with Gasteiger partial charge in [0.25, 0.3) is 11.5 Å². The number of hydrogen-bond acceptors (Lipinski definition) is 5. The smallest absolute Gasteiger partial charge is 0.329 e. The Kier molecular flexibility index (Phi) is 5.70. The molecule has 1 fully saturated rings. The zero-order valence-electron chi connectivity index (χ0n) is 17.8. The summed E-state index contributed by atoms with van der Waals surface area (Å²) < 4.78 is 1.27. The number of anilines is 2. The molecule has 166 valence electrons. The molecule has 2 aromatic heterocycles. The van der Waals surface area contributed by atoms with E-state index in [-0.39, 0.29) is 17.4 Å². The average Bonchev–Trinajstić information content (AvgIpc) is 3.48. The summed E-state index contributed by atoms with van der Waals surface area (Å²) in [6.45, 7) is 1.66. The van der Waals surface area contributed by atoms with Crippen molar-refractivity contribution in [3.05, 3.63) is 78.6 Å². The predicted molar refractivity (Wildman–Crippen MR) is 126 cm³/mol. The van der Waals surface area contributed by atoms with Gasteiger partial charge in [-0.15, -0.1) is 11.3 Å². The molecule has 0 atom stereocenters. The number of carbonyl (C=O) groups excluding carboxylic acids is 1. The van der Waals surface area contributed by atoms with Crippen molar-refractivity contribution in [3.63, 3.8) is 0 Å². The molecular formula is C24H26N4O3S. The number of hydrogen-bond donors (Lipinski definition) is 2. The third-order valence-electron chi connectivity index (χ3n) is 6.47. The number of thiophene rings is 1. The van der Waals surface area contributed by atoms with Gasteiger partial charge in [0.2, 0.25) is 0 Å². The Bertz CT molecular complexity index is 1210. The van der Waals surface area contributed by atoms with Crippen molar-refractivity contribution in [1.82, 2.24) is 14.5 Å². The van der Waals surface area contributed by atoms with E-state index in [1.54, 1.807) is 0 Å². The molecule has 7 nitrogen and oxygen atoms in total. The lowest BCUT2D eigenvalue weighted by Gasteiger charge is -2.31. The van der Waals surface area contributed by atoms with Gasteiger partial charge in [0.1, 0.15) is 5.82 Å². The van der Waals surface area contributed by atoms with E-state index < -0.39 is 5.69 Å². The molecule has 0 unspecified atom stereocenters. The number of carbonyl (C=O) groups is 1. The summed E-state index contributed by atoms with van der Waals surface area (Å²) in [6.07, 6.45) is 4.91. The second-order valence-electron chi connectivity index (χ2n) is 8.61. The van der Waals surface area contributed by atoms with Crippen LogP contribution in [0.2, 0.25) is 0 Å². The highest BCUT2D eigenvalue weighted by Gasteiger charge is 2.25. The van der Waals surface area contributed by atoms with Crippen LogP contribution in [0.15, 0.2) is 51.4 Å². The van der Waals surface area contributed by atoms with Gasteiger partial charge in [-0.3, -0.25) is 19.1 Å². The minimum Gasteiger partial charge on any atom is -0.342 e. The number of likely N-dealkylation sites (tertiary alicyclic amines) is 1. The first-order chi connectivity index (χ1) is 15.6. The lowest BCUT2D eigenvalue weighted by Crippen LogP contribution is -2.42. The molecule has 1 aliphatic heterocycles. The number of H-pyrrole nitrogens is 1. The van der Waals surface area contributed by atoms with Crippen LogP contribution in [0.5, 0.6) is 0 Å². The van der Waals surface area contributed by atoms with Crippen LogP contribution in [-0.2, 0) is 19.4 Å².